The number of phenols is 1. The Balaban J connectivity index is 1.85. The molecule has 0 aliphatic heterocycles. The van der Waals surface area contributed by atoms with Gasteiger partial charge in [-0.3, -0.25) is 4.68 Å². The van der Waals surface area contributed by atoms with E-state index < -0.39 is 0 Å². The number of aromatic nitrogens is 3. The molecule has 1 aromatic carbocycles. The van der Waals surface area contributed by atoms with E-state index in [9.17, 15) is 5.11 Å². The van der Waals surface area contributed by atoms with Crippen molar-refractivity contribution in [3.05, 3.63) is 46.2 Å². The Bertz CT molecular complexity index is 813. The van der Waals surface area contributed by atoms with E-state index in [4.69, 9.17) is 0 Å². The first-order valence-electron chi connectivity index (χ1n) is 6.55. The number of rotatable bonds is 3. The van der Waals surface area contributed by atoms with Crippen LogP contribution in [-0.4, -0.2) is 19.9 Å². The Morgan fingerprint density at radius 3 is 2.95 bits per heavy atom. The number of pyridine rings is 1. The lowest BCUT2D eigenvalue weighted by Crippen LogP contribution is -2.00. The molecule has 0 amide bonds. The molecule has 0 aliphatic rings. The maximum Gasteiger partial charge on any atom is 0.157 e. The molecule has 21 heavy (non-hydrogen) atoms. The van der Waals surface area contributed by atoms with Crippen LogP contribution in [0.25, 0.3) is 11.0 Å². The predicted octanol–water partition coefficient (Wildman–Crippen LogP) is 3.36. The van der Waals surface area contributed by atoms with Crippen molar-refractivity contribution in [3.63, 3.8) is 0 Å². The summed E-state index contributed by atoms with van der Waals surface area (Å²) in [6, 6.07) is 7.41. The molecule has 2 N–H and O–H groups in total. The number of nitrogens with zero attached hydrogens (tertiary/aromatic N) is 3. The lowest BCUT2D eigenvalue weighted by atomic mass is 10.2. The van der Waals surface area contributed by atoms with Crippen LogP contribution in [-0.2, 0) is 13.6 Å². The van der Waals surface area contributed by atoms with Gasteiger partial charge in [-0.25, -0.2) is 4.98 Å². The maximum atomic E-state index is 9.84. The molecular weight excluding hydrogens is 332 g/mol. The van der Waals surface area contributed by atoms with Gasteiger partial charge in [-0.2, -0.15) is 5.10 Å². The molecule has 0 fully saturated rings. The van der Waals surface area contributed by atoms with E-state index in [1.54, 1.807) is 16.9 Å². The van der Waals surface area contributed by atoms with Gasteiger partial charge in [-0.1, -0.05) is 15.9 Å². The second-order valence-electron chi connectivity index (χ2n) is 4.93. The van der Waals surface area contributed by atoms with E-state index in [0.29, 0.717) is 6.54 Å². The third-order valence-electron chi connectivity index (χ3n) is 3.39. The Hall–Kier alpha value is -2.08. The number of phenolic OH excluding ortho intramolecular Hbond substituents is 1. The summed E-state index contributed by atoms with van der Waals surface area (Å²) in [6.45, 7) is 2.49. The van der Waals surface area contributed by atoms with Gasteiger partial charge in [0.25, 0.3) is 0 Å². The molecule has 108 valence electrons. The SMILES string of the molecule is Cc1nn(C)c2ncc(NCc3cc(Br)ccc3O)cc12. The highest BCUT2D eigenvalue weighted by atomic mass is 79.9. The van der Waals surface area contributed by atoms with Gasteiger partial charge in [-0.05, 0) is 31.2 Å². The summed E-state index contributed by atoms with van der Waals surface area (Å²) in [5, 5.41) is 18.5. The number of halogens is 1. The van der Waals surface area contributed by atoms with Gasteiger partial charge in [0.2, 0.25) is 0 Å². The Kier molecular flexibility index (Phi) is 3.55. The predicted molar refractivity (Wildman–Crippen MR) is 86.4 cm³/mol. The summed E-state index contributed by atoms with van der Waals surface area (Å²) in [7, 11) is 1.88. The standard InChI is InChI=1S/C15H15BrN4O/c1-9-13-6-12(8-18-15(13)20(2)19-9)17-7-10-5-11(16)3-4-14(10)21/h3-6,8,17,21H,7H2,1-2H3. The summed E-state index contributed by atoms with van der Waals surface area (Å²) >= 11 is 3.41. The average Bonchev–Trinajstić information content (AvgIpc) is 2.75. The fourth-order valence-electron chi connectivity index (χ4n) is 2.30. The van der Waals surface area contributed by atoms with Crippen molar-refractivity contribution in [1.29, 1.82) is 0 Å². The fourth-order valence-corrected chi connectivity index (χ4v) is 2.71. The van der Waals surface area contributed by atoms with Gasteiger partial charge in [0.05, 0.1) is 17.6 Å². The normalized spacial score (nSPS) is 11.0. The first-order valence-corrected chi connectivity index (χ1v) is 7.34. The largest absolute Gasteiger partial charge is 0.508 e. The first-order chi connectivity index (χ1) is 10.0. The highest BCUT2D eigenvalue weighted by molar-refractivity contribution is 9.10. The average molecular weight is 347 g/mol. The van der Waals surface area contributed by atoms with Crippen molar-refractivity contribution in [1.82, 2.24) is 14.8 Å². The van der Waals surface area contributed by atoms with E-state index in [-0.39, 0.29) is 5.75 Å². The number of hydrogen-bond donors (Lipinski definition) is 2. The van der Waals surface area contributed by atoms with E-state index >= 15 is 0 Å². The molecule has 3 aromatic rings. The Labute approximate surface area is 130 Å². The van der Waals surface area contributed by atoms with Crippen molar-refractivity contribution in [3.8, 4) is 5.75 Å². The zero-order valence-electron chi connectivity index (χ0n) is 11.8. The number of aryl methyl sites for hydroxylation is 2. The molecule has 2 aromatic heterocycles. The fraction of sp³-hybridized carbons (Fsp3) is 0.200. The van der Waals surface area contributed by atoms with Crippen molar-refractivity contribution in [2.24, 2.45) is 7.05 Å². The van der Waals surface area contributed by atoms with Crippen molar-refractivity contribution in [2.45, 2.75) is 13.5 Å². The van der Waals surface area contributed by atoms with Crippen LogP contribution in [0.15, 0.2) is 34.9 Å². The smallest absolute Gasteiger partial charge is 0.157 e. The summed E-state index contributed by atoms with van der Waals surface area (Å²) in [6.07, 6.45) is 1.78. The highest BCUT2D eigenvalue weighted by Gasteiger charge is 2.07. The lowest BCUT2D eigenvalue weighted by molar-refractivity contribution is 0.469. The topological polar surface area (TPSA) is 63.0 Å². The molecular formula is C15H15BrN4O. The second kappa shape index (κ2) is 5.37. The summed E-state index contributed by atoms with van der Waals surface area (Å²) in [5.74, 6) is 0.275. The molecule has 0 saturated heterocycles. The van der Waals surface area contributed by atoms with E-state index in [1.807, 2.05) is 32.2 Å². The molecule has 5 nitrogen and oxygen atoms in total. The number of fused-ring (bicyclic) bond motifs is 1. The van der Waals surface area contributed by atoms with Crippen LogP contribution in [0.3, 0.4) is 0 Å². The molecule has 2 heterocycles. The number of aromatic hydroxyl groups is 1. The van der Waals surface area contributed by atoms with Crippen LogP contribution in [0.1, 0.15) is 11.3 Å². The third-order valence-corrected chi connectivity index (χ3v) is 3.88. The van der Waals surface area contributed by atoms with Crippen LogP contribution in [0.2, 0.25) is 0 Å². The van der Waals surface area contributed by atoms with Gasteiger partial charge < -0.3 is 10.4 Å². The van der Waals surface area contributed by atoms with Gasteiger partial charge in [0, 0.05) is 29.0 Å². The minimum Gasteiger partial charge on any atom is -0.508 e. The van der Waals surface area contributed by atoms with Gasteiger partial charge in [-0.15, -0.1) is 0 Å². The number of benzene rings is 1. The van der Waals surface area contributed by atoms with E-state index in [1.165, 1.54) is 0 Å². The molecule has 0 saturated carbocycles. The Morgan fingerprint density at radius 1 is 1.33 bits per heavy atom. The van der Waals surface area contributed by atoms with Gasteiger partial charge >= 0.3 is 0 Å². The Morgan fingerprint density at radius 2 is 2.14 bits per heavy atom. The molecule has 0 bridgehead atoms. The molecule has 3 rings (SSSR count). The first kappa shape index (κ1) is 13.9. The van der Waals surface area contributed by atoms with Crippen LogP contribution < -0.4 is 5.32 Å². The number of hydrogen-bond acceptors (Lipinski definition) is 4. The molecule has 0 atom stereocenters. The number of nitrogens with one attached hydrogen (secondary N) is 1. The molecule has 0 spiro atoms. The molecule has 0 radical (unpaired) electrons. The minimum atomic E-state index is 0.275. The lowest BCUT2D eigenvalue weighted by Gasteiger charge is -2.08. The van der Waals surface area contributed by atoms with Gasteiger partial charge in [0.15, 0.2) is 5.65 Å². The van der Waals surface area contributed by atoms with Crippen molar-refractivity contribution < 1.29 is 5.11 Å². The number of anilines is 1. The van der Waals surface area contributed by atoms with Crippen molar-refractivity contribution >= 4 is 32.7 Å². The quantitative estimate of drug-likeness (QED) is 0.763. The zero-order valence-corrected chi connectivity index (χ0v) is 13.3. The highest BCUT2D eigenvalue weighted by Crippen LogP contribution is 2.24. The molecule has 0 unspecified atom stereocenters. The van der Waals surface area contributed by atoms with Crippen LogP contribution in [0.4, 0.5) is 5.69 Å². The van der Waals surface area contributed by atoms with E-state index in [2.05, 4.69) is 31.3 Å². The summed E-state index contributed by atoms with van der Waals surface area (Å²) in [5.41, 5.74) is 3.54. The van der Waals surface area contributed by atoms with Crippen LogP contribution >= 0.6 is 15.9 Å². The van der Waals surface area contributed by atoms with Crippen LogP contribution in [0.5, 0.6) is 5.75 Å². The van der Waals surface area contributed by atoms with Crippen molar-refractivity contribution in [2.75, 3.05) is 5.32 Å². The summed E-state index contributed by atoms with van der Waals surface area (Å²) in [4.78, 5) is 4.42. The second-order valence-corrected chi connectivity index (χ2v) is 5.85. The molecule has 6 heteroatoms. The third kappa shape index (κ3) is 2.71. The van der Waals surface area contributed by atoms with Crippen LogP contribution in [0, 0.1) is 6.92 Å². The monoisotopic (exact) mass is 346 g/mol. The summed E-state index contributed by atoms with van der Waals surface area (Å²) < 4.78 is 2.71. The maximum absolute atomic E-state index is 9.84. The zero-order chi connectivity index (χ0) is 15.0. The minimum absolute atomic E-state index is 0.275. The van der Waals surface area contributed by atoms with Gasteiger partial charge in [0.1, 0.15) is 5.75 Å². The van der Waals surface area contributed by atoms with E-state index in [0.717, 1.165) is 32.5 Å². The molecule has 0 aliphatic carbocycles.